The zero-order chi connectivity index (χ0) is 29.0. The van der Waals surface area contributed by atoms with Crippen LogP contribution in [0.4, 0.5) is 0 Å². The number of aromatic nitrogens is 5. The van der Waals surface area contributed by atoms with E-state index in [9.17, 15) is 0 Å². The van der Waals surface area contributed by atoms with Crippen molar-refractivity contribution >= 4 is 43.7 Å². The van der Waals surface area contributed by atoms with E-state index in [1.54, 1.807) is 0 Å². The number of rotatable bonds is 4. The molecule has 0 bridgehead atoms. The van der Waals surface area contributed by atoms with E-state index in [0.717, 1.165) is 72.0 Å². The fraction of sp³-hybridized carbons (Fsp3) is 0. The summed E-state index contributed by atoms with van der Waals surface area (Å²) in [5.74, 6) is 0. The molecule has 4 aromatic carbocycles. The monoisotopic (exact) mass is 563 g/mol. The maximum absolute atomic E-state index is 5.15. The van der Waals surface area contributed by atoms with Crippen molar-refractivity contribution in [1.29, 1.82) is 0 Å². The van der Waals surface area contributed by atoms with Crippen molar-refractivity contribution in [2.24, 2.45) is 0 Å². The summed E-state index contributed by atoms with van der Waals surface area (Å²) in [4.78, 5) is 14.0. The summed E-state index contributed by atoms with van der Waals surface area (Å²) >= 11 is 0. The second kappa shape index (κ2) is 9.75. The first-order chi connectivity index (χ1) is 21.8. The number of hydrogen-bond donors (Lipinski definition) is 0. The third kappa shape index (κ3) is 3.69. The first kappa shape index (κ1) is 24.5. The Morgan fingerprint density at radius 2 is 1.00 bits per heavy atom. The highest BCUT2D eigenvalue weighted by molar-refractivity contribution is 6.22. The average molecular weight is 564 g/mol. The second-order valence-electron chi connectivity index (χ2n) is 11.0. The molecule has 0 aliphatic carbocycles. The van der Waals surface area contributed by atoms with E-state index in [1.807, 2.05) is 43.1 Å². The number of pyridine rings is 3. The van der Waals surface area contributed by atoms with E-state index in [2.05, 4.69) is 128 Å². The van der Waals surface area contributed by atoms with Gasteiger partial charge in [0.05, 0.1) is 27.6 Å². The Bertz CT molecular complexity index is 2420. The Morgan fingerprint density at radius 1 is 0.409 bits per heavy atom. The van der Waals surface area contributed by atoms with Crippen LogP contribution in [0.2, 0.25) is 0 Å². The molecule has 206 valence electrons. The molecule has 5 heteroatoms. The van der Waals surface area contributed by atoms with Crippen molar-refractivity contribution in [2.45, 2.75) is 0 Å². The molecule has 9 rings (SSSR count). The van der Waals surface area contributed by atoms with Crippen LogP contribution in [0.25, 0.3) is 77.4 Å². The molecule has 0 saturated carbocycles. The van der Waals surface area contributed by atoms with Crippen molar-refractivity contribution in [3.05, 3.63) is 152 Å². The quantitative estimate of drug-likeness (QED) is 0.214. The van der Waals surface area contributed by atoms with Gasteiger partial charge in [0.1, 0.15) is 0 Å². The standard InChI is InChI=1S/C39H25N5/c1-2-12-30(13-3-1)43-35-16-6-4-14-32(35)34-25-42-37-33-15-5-7-17-36(33)44(39(37)38(34)43)31-21-28(26-10-8-18-40-23-26)20-29(22-31)27-11-9-19-41-24-27/h1-25H. The van der Waals surface area contributed by atoms with E-state index in [-0.39, 0.29) is 0 Å². The Morgan fingerprint density at radius 3 is 1.66 bits per heavy atom. The van der Waals surface area contributed by atoms with Gasteiger partial charge < -0.3 is 9.13 Å². The minimum atomic E-state index is 0.975. The minimum absolute atomic E-state index is 0.975. The van der Waals surface area contributed by atoms with Crippen LogP contribution >= 0.6 is 0 Å². The predicted molar refractivity (Wildman–Crippen MR) is 179 cm³/mol. The molecule has 0 aliphatic rings. The molecular weight excluding hydrogens is 538 g/mol. The Labute approximate surface area is 253 Å². The zero-order valence-corrected chi connectivity index (χ0v) is 23.7. The molecule has 0 radical (unpaired) electrons. The summed E-state index contributed by atoms with van der Waals surface area (Å²) in [5, 5.41) is 3.42. The lowest BCUT2D eigenvalue weighted by Crippen LogP contribution is -2.00. The van der Waals surface area contributed by atoms with E-state index in [1.165, 1.54) is 5.39 Å². The molecule has 0 fully saturated rings. The Balaban J connectivity index is 1.48. The summed E-state index contributed by atoms with van der Waals surface area (Å²) in [5.41, 5.74) is 11.9. The molecule has 5 heterocycles. The van der Waals surface area contributed by atoms with Gasteiger partial charge in [0.15, 0.2) is 0 Å². The molecule has 5 aromatic heterocycles. The van der Waals surface area contributed by atoms with Crippen molar-refractivity contribution in [3.63, 3.8) is 0 Å². The summed E-state index contributed by atoms with van der Waals surface area (Å²) in [6.45, 7) is 0. The normalized spacial score (nSPS) is 11.6. The van der Waals surface area contributed by atoms with Gasteiger partial charge in [-0.3, -0.25) is 15.0 Å². The topological polar surface area (TPSA) is 48.5 Å². The molecule has 0 unspecified atom stereocenters. The molecule has 44 heavy (non-hydrogen) atoms. The molecule has 0 aliphatic heterocycles. The van der Waals surface area contributed by atoms with Gasteiger partial charge in [-0.2, -0.15) is 0 Å². The second-order valence-corrected chi connectivity index (χ2v) is 11.0. The number of benzene rings is 4. The first-order valence-electron chi connectivity index (χ1n) is 14.7. The fourth-order valence-corrected chi connectivity index (χ4v) is 6.58. The van der Waals surface area contributed by atoms with Crippen LogP contribution in [0.1, 0.15) is 0 Å². The van der Waals surface area contributed by atoms with Gasteiger partial charge in [-0.25, -0.2) is 0 Å². The number of para-hydroxylation sites is 3. The van der Waals surface area contributed by atoms with Gasteiger partial charge in [0.2, 0.25) is 0 Å². The summed E-state index contributed by atoms with van der Waals surface area (Å²) in [7, 11) is 0. The van der Waals surface area contributed by atoms with Crippen LogP contribution in [0.5, 0.6) is 0 Å². The lowest BCUT2D eigenvalue weighted by molar-refractivity contribution is 1.15. The van der Waals surface area contributed by atoms with E-state index >= 15 is 0 Å². The molecular formula is C39H25N5. The van der Waals surface area contributed by atoms with Gasteiger partial charge in [-0.15, -0.1) is 0 Å². The van der Waals surface area contributed by atoms with E-state index < -0.39 is 0 Å². The third-order valence-corrected chi connectivity index (χ3v) is 8.49. The van der Waals surface area contributed by atoms with Crippen molar-refractivity contribution in [2.75, 3.05) is 0 Å². The number of nitrogens with zero attached hydrogens (tertiary/aromatic N) is 5. The average Bonchev–Trinajstić information content (AvgIpc) is 3.62. The van der Waals surface area contributed by atoms with Crippen molar-refractivity contribution in [3.8, 4) is 33.6 Å². The SMILES string of the molecule is c1ccc(-n2c3ccccc3c3cnc4c5ccccc5n(-c5cc(-c6cccnc6)cc(-c6cccnc6)c5)c4c32)cc1. The molecule has 9 aromatic rings. The highest BCUT2D eigenvalue weighted by Gasteiger charge is 2.22. The van der Waals surface area contributed by atoms with Gasteiger partial charge in [0.25, 0.3) is 0 Å². The summed E-state index contributed by atoms with van der Waals surface area (Å²) < 4.78 is 4.77. The van der Waals surface area contributed by atoms with Crippen LogP contribution in [-0.2, 0) is 0 Å². The lowest BCUT2D eigenvalue weighted by Gasteiger charge is -2.15. The smallest absolute Gasteiger partial charge is 0.0985 e. The number of fused-ring (bicyclic) bond motifs is 7. The highest BCUT2D eigenvalue weighted by atomic mass is 15.1. The Kier molecular flexibility index (Phi) is 5.43. The predicted octanol–water partition coefficient (Wildman–Crippen LogP) is 9.40. The number of hydrogen-bond acceptors (Lipinski definition) is 3. The van der Waals surface area contributed by atoms with Crippen LogP contribution in [0.15, 0.2) is 152 Å². The van der Waals surface area contributed by atoms with Crippen LogP contribution in [0.3, 0.4) is 0 Å². The van der Waals surface area contributed by atoms with Gasteiger partial charge in [-0.05, 0) is 65.7 Å². The van der Waals surface area contributed by atoms with Gasteiger partial charge in [-0.1, -0.05) is 66.7 Å². The maximum Gasteiger partial charge on any atom is 0.0985 e. The molecule has 0 atom stereocenters. The van der Waals surface area contributed by atoms with E-state index in [0.29, 0.717) is 0 Å². The Hall–Kier alpha value is -6.07. The maximum atomic E-state index is 5.15. The van der Waals surface area contributed by atoms with E-state index in [4.69, 9.17) is 4.98 Å². The molecule has 0 amide bonds. The van der Waals surface area contributed by atoms with Gasteiger partial charge >= 0.3 is 0 Å². The van der Waals surface area contributed by atoms with Crippen molar-refractivity contribution in [1.82, 2.24) is 24.1 Å². The fourth-order valence-electron chi connectivity index (χ4n) is 6.58. The molecule has 0 saturated heterocycles. The third-order valence-electron chi connectivity index (χ3n) is 8.49. The molecule has 0 spiro atoms. The van der Waals surface area contributed by atoms with Crippen LogP contribution in [0, 0.1) is 0 Å². The first-order valence-corrected chi connectivity index (χ1v) is 14.7. The van der Waals surface area contributed by atoms with Crippen molar-refractivity contribution < 1.29 is 0 Å². The zero-order valence-electron chi connectivity index (χ0n) is 23.7. The summed E-state index contributed by atoms with van der Waals surface area (Å²) in [6.07, 6.45) is 9.51. The molecule has 5 nitrogen and oxygen atoms in total. The molecule has 0 N–H and O–H groups in total. The summed E-state index contributed by atoms with van der Waals surface area (Å²) in [6, 6.07) is 42.7. The van der Waals surface area contributed by atoms with Crippen LogP contribution in [-0.4, -0.2) is 24.1 Å². The van der Waals surface area contributed by atoms with Gasteiger partial charge in [0, 0.05) is 69.6 Å². The lowest BCUT2D eigenvalue weighted by atomic mass is 9.99. The van der Waals surface area contributed by atoms with Crippen LogP contribution < -0.4 is 0 Å². The largest absolute Gasteiger partial charge is 0.307 e. The highest BCUT2D eigenvalue weighted by Crippen LogP contribution is 2.41. The minimum Gasteiger partial charge on any atom is -0.307 e.